The second-order valence-electron chi connectivity index (χ2n) is 1.57. The summed E-state index contributed by atoms with van der Waals surface area (Å²) in [5, 5.41) is 3.65. The molecule has 0 amide bonds. The van der Waals surface area contributed by atoms with Gasteiger partial charge in [-0.15, -0.1) is 0 Å². The number of halogens is 1. The van der Waals surface area contributed by atoms with E-state index < -0.39 is 0 Å². The molecule has 7 heavy (non-hydrogen) atoms. The molecule has 2 nitrogen and oxygen atoms in total. The molecule has 1 aliphatic heterocycles. The Balaban J connectivity index is 2.50. The molecular weight excluding hydrogens is 112 g/mol. The van der Waals surface area contributed by atoms with Crippen LogP contribution in [0.15, 0.2) is 11.4 Å². The fourth-order valence-corrected chi connectivity index (χ4v) is 0.711. The van der Waals surface area contributed by atoms with Crippen LogP contribution in [0.3, 0.4) is 0 Å². The van der Waals surface area contributed by atoms with E-state index >= 15 is 0 Å². The third kappa shape index (κ3) is 0.996. The SMILES string of the molecule is CN1C=C(Cl)NC1. The Hall–Kier alpha value is -0.370. The maximum Gasteiger partial charge on any atom is 0.119 e. The van der Waals surface area contributed by atoms with E-state index in [1.165, 1.54) is 0 Å². The van der Waals surface area contributed by atoms with Gasteiger partial charge in [0.25, 0.3) is 0 Å². The number of nitrogens with one attached hydrogen (secondary N) is 1. The predicted octanol–water partition coefficient (Wildman–Crippen LogP) is 0.517. The summed E-state index contributed by atoms with van der Waals surface area (Å²) in [5.74, 6) is 0. The summed E-state index contributed by atoms with van der Waals surface area (Å²) in [4.78, 5) is 1.97. The molecule has 0 saturated carbocycles. The van der Waals surface area contributed by atoms with E-state index in [1.54, 1.807) is 0 Å². The van der Waals surface area contributed by atoms with Gasteiger partial charge in [-0.3, -0.25) is 0 Å². The third-order valence-electron chi connectivity index (χ3n) is 0.831. The first kappa shape index (κ1) is 4.78. The molecule has 0 saturated heterocycles. The van der Waals surface area contributed by atoms with Crippen LogP contribution in [0, 0.1) is 0 Å². The van der Waals surface area contributed by atoms with Gasteiger partial charge in [0.15, 0.2) is 0 Å². The molecule has 1 N–H and O–H groups in total. The first-order valence-corrected chi connectivity index (χ1v) is 2.48. The molecule has 3 heteroatoms. The van der Waals surface area contributed by atoms with E-state index in [4.69, 9.17) is 11.6 Å². The van der Waals surface area contributed by atoms with Gasteiger partial charge >= 0.3 is 0 Å². The van der Waals surface area contributed by atoms with Gasteiger partial charge in [0.2, 0.25) is 0 Å². The summed E-state index contributed by atoms with van der Waals surface area (Å²) in [5.41, 5.74) is 0. The highest BCUT2D eigenvalue weighted by atomic mass is 35.5. The molecule has 1 heterocycles. The molecular formula is C4H7ClN2. The van der Waals surface area contributed by atoms with Crippen molar-refractivity contribution in [2.45, 2.75) is 0 Å². The quantitative estimate of drug-likeness (QED) is 0.467. The van der Waals surface area contributed by atoms with Gasteiger partial charge in [-0.25, -0.2) is 0 Å². The Morgan fingerprint density at radius 2 is 2.71 bits per heavy atom. The van der Waals surface area contributed by atoms with Crippen molar-refractivity contribution >= 4 is 11.6 Å². The Labute approximate surface area is 47.8 Å². The molecule has 0 spiro atoms. The van der Waals surface area contributed by atoms with Crippen molar-refractivity contribution in [1.29, 1.82) is 0 Å². The minimum Gasteiger partial charge on any atom is -0.361 e. The zero-order valence-electron chi connectivity index (χ0n) is 4.11. The molecule has 40 valence electrons. The minimum absolute atomic E-state index is 0.725. The zero-order chi connectivity index (χ0) is 5.28. The Morgan fingerprint density at radius 1 is 2.00 bits per heavy atom. The molecule has 0 fully saturated rings. The first-order chi connectivity index (χ1) is 3.29. The molecule has 0 atom stereocenters. The average Bonchev–Trinajstić information content (AvgIpc) is 1.87. The van der Waals surface area contributed by atoms with Crippen LogP contribution < -0.4 is 5.32 Å². The molecule has 0 radical (unpaired) electrons. The van der Waals surface area contributed by atoms with E-state index in [0.29, 0.717) is 0 Å². The molecule has 0 aromatic rings. The minimum atomic E-state index is 0.725. The molecule has 1 aliphatic rings. The van der Waals surface area contributed by atoms with Gasteiger partial charge in [-0.2, -0.15) is 0 Å². The van der Waals surface area contributed by atoms with Crippen LogP contribution in [0.25, 0.3) is 0 Å². The Bertz CT molecular complexity index is 99.9. The van der Waals surface area contributed by atoms with Crippen LogP contribution in [0.5, 0.6) is 0 Å². The van der Waals surface area contributed by atoms with E-state index in [0.717, 1.165) is 11.8 Å². The number of hydrogen-bond acceptors (Lipinski definition) is 2. The van der Waals surface area contributed by atoms with Crippen molar-refractivity contribution in [1.82, 2.24) is 10.2 Å². The smallest absolute Gasteiger partial charge is 0.119 e. The molecule has 0 aliphatic carbocycles. The maximum atomic E-state index is 5.52. The summed E-state index contributed by atoms with van der Waals surface area (Å²) in [7, 11) is 1.96. The van der Waals surface area contributed by atoms with Crippen LogP contribution >= 0.6 is 11.6 Å². The van der Waals surface area contributed by atoms with Crippen molar-refractivity contribution in [3.8, 4) is 0 Å². The van der Waals surface area contributed by atoms with Gasteiger partial charge in [0.1, 0.15) is 5.16 Å². The number of rotatable bonds is 0. The highest BCUT2D eigenvalue weighted by Gasteiger charge is 2.01. The number of hydrogen-bond donors (Lipinski definition) is 1. The largest absolute Gasteiger partial charge is 0.361 e. The van der Waals surface area contributed by atoms with Gasteiger partial charge in [0, 0.05) is 13.2 Å². The topological polar surface area (TPSA) is 15.3 Å². The van der Waals surface area contributed by atoms with Crippen molar-refractivity contribution in [2.75, 3.05) is 13.7 Å². The fraction of sp³-hybridized carbons (Fsp3) is 0.500. The Morgan fingerprint density at radius 3 is 2.86 bits per heavy atom. The Kier molecular flexibility index (Phi) is 1.11. The summed E-state index contributed by atoms with van der Waals surface area (Å²) in [6.07, 6.45) is 1.85. The average molecular weight is 119 g/mol. The van der Waals surface area contributed by atoms with Gasteiger partial charge in [-0.1, -0.05) is 11.6 Å². The summed E-state index contributed by atoms with van der Waals surface area (Å²) >= 11 is 5.52. The lowest BCUT2D eigenvalue weighted by molar-refractivity contribution is 0.474. The molecule has 0 bridgehead atoms. The molecule has 0 aromatic carbocycles. The standard InChI is InChI=1S/C4H7ClN2/c1-7-2-4(5)6-3-7/h2,6H,3H2,1H3. The maximum absolute atomic E-state index is 5.52. The lowest BCUT2D eigenvalue weighted by Crippen LogP contribution is -2.15. The monoisotopic (exact) mass is 118 g/mol. The van der Waals surface area contributed by atoms with Crippen molar-refractivity contribution < 1.29 is 0 Å². The van der Waals surface area contributed by atoms with Crippen LogP contribution in [-0.2, 0) is 0 Å². The first-order valence-electron chi connectivity index (χ1n) is 2.10. The molecule has 0 unspecified atom stereocenters. The van der Waals surface area contributed by atoms with E-state index in [1.807, 2.05) is 18.1 Å². The van der Waals surface area contributed by atoms with Crippen LogP contribution in [0.1, 0.15) is 0 Å². The zero-order valence-corrected chi connectivity index (χ0v) is 4.87. The highest BCUT2D eigenvalue weighted by molar-refractivity contribution is 6.29. The summed E-state index contributed by atoms with van der Waals surface area (Å²) in [6.45, 7) is 0.832. The highest BCUT2D eigenvalue weighted by Crippen LogP contribution is 2.02. The third-order valence-corrected chi connectivity index (χ3v) is 1.06. The van der Waals surface area contributed by atoms with Crippen LogP contribution in [0.4, 0.5) is 0 Å². The predicted molar refractivity (Wildman–Crippen MR) is 29.7 cm³/mol. The summed E-state index contributed by atoms with van der Waals surface area (Å²) in [6, 6.07) is 0. The second kappa shape index (κ2) is 1.62. The van der Waals surface area contributed by atoms with Gasteiger partial charge < -0.3 is 10.2 Å². The normalized spacial score (nSPS) is 19.1. The lowest BCUT2D eigenvalue weighted by Gasteiger charge is -2.01. The van der Waals surface area contributed by atoms with E-state index in [2.05, 4.69) is 5.32 Å². The fourth-order valence-electron chi connectivity index (χ4n) is 0.485. The second-order valence-corrected chi connectivity index (χ2v) is 1.98. The van der Waals surface area contributed by atoms with Crippen LogP contribution in [-0.4, -0.2) is 18.6 Å². The van der Waals surface area contributed by atoms with E-state index in [-0.39, 0.29) is 0 Å². The lowest BCUT2D eigenvalue weighted by atomic mass is 10.9. The van der Waals surface area contributed by atoms with Crippen molar-refractivity contribution in [3.05, 3.63) is 11.4 Å². The number of nitrogens with zero attached hydrogens (tertiary/aromatic N) is 1. The van der Waals surface area contributed by atoms with Crippen LogP contribution in [0.2, 0.25) is 0 Å². The molecule has 0 aromatic heterocycles. The van der Waals surface area contributed by atoms with E-state index in [9.17, 15) is 0 Å². The van der Waals surface area contributed by atoms with Crippen molar-refractivity contribution in [2.24, 2.45) is 0 Å². The van der Waals surface area contributed by atoms with Gasteiger partial charge in [-0.05, 0) is 0 Å². The summed E-state index contributed by atoms with van der Waals surface area (Å²) < 4.78 is 0. The molecule has 1 rings (SSSR count). The van der Waals surface area contributed by atoms with Crippen molar-refractivity contribution in [3.63, 3.8) is 0 Å². The van der Waals surface area contributed by atoms with Gasteiger partial charge in [0.05, 0.1) is 6.67 Å².